The van der Waals surface area contributed by atoms with Gasteiger partial charge in [0.2, 0.25) is 0 Å². The van der Waals surface area contributed by atoms with Crippen LogP contribution in [0.5, 0.6) is 5.75 Å². The summed E-state index contributed by atoms with van der Waals surface area (Å²) >= 11 is 5.82. The van der Waals surface area contributed by atoms with Crippen molar-refractivity contribution < 1.29 is 9.13 Å². The normalized spacial score (nSPS) is 29.8. The molecule has 98 valence electrons. The molecule has 2 fully saturated rings. The minimum absolute atomic E-state index is 0.252. The van der Waals surface area contributed by atoms with Crippen molar-refractivity contribution in [2.24, 2.45) is 17.8 Å². The molecule has 0 aromatic heterocycles. The van der Waals surface area contributed by atoms with Crippen LogP contribution in [0.3, 0.4) is 0 Å². The van der Waals surface area contributed by atoms with E-state index in [4.69, 9.17) is 16.3 Å². The van der Waals surface area contributed by atoms with Crippen molar-refractivity contribution in [3.8, 4) is 5.75 Å². The van der Waals surface area contributed by atoms with Gasteiger partial charge < -0.3 is 4.74 Å². The maximum atomic E-state index is 13.1. The number of rotatable bonds is 4. The van der Waals surface area contributed by atoms with E-state index in [9.17, 15) is 4.39 Å². The van der Waals surface area contributed by atoms with Gasteiger partial charge in [-0.25, -0.2) is 4.39 Å². The van der Waals surface area contributed by atoms with E-state index in [1.807, 2.05) is 0 Å². The minimum Gasteiger partial charge on any atom is -0.493 e. The second kappa shape index (κ2) is 5.08. The topological polar surface area (TPSA) is 9.23 Å². The Morgan fingerprint density at radius 1 is 1.28 bits per heavy atom. The molecule has 3 heteroatoms. The Kier molecular flexibility index (Phi) is 3.47. The molecule has 3 rings (SSSR count). The summed E-state index contributed by atoms with van der Waals surface area (Å²) in [6.07, 6.45) is 5.47. The average Bonchev–Trinajstić information content (AvgIpc) is 2.99. The van der Waals surface area contributed by atoms with E-state index in [0.29, 0.717) is 11.8 Å². The fraction of sp³-hybridized carbons (Fsp3) is 0.600. The second-order valence-corrected chi connectivity index (χ2v) is 5.90. The van der Waals surface area contributed by atoms with Crippen molar-refractivity contribution in [1.29, 1.82) is 0 Å². The van der Waals surface area contributed by atoms with Crippen LogP contribution >= 0.6 is 11.6 Å². The molecule has 18 heavy (non-hydrogen) atoms. The molecule has 2 bridgehead atoms. The zero-order valence-corrected chi connectivity index (χ0v) is 11.1. The summed E-state index contributed by atoms with van der Waals surface area (Å²) < 4.78 is 19.0. The molecule has 1 aromatic rings. The van der Waals surface area contributed by atoms with Crippen molar-refractivity contribution >= 4 is 11.6 Å². The smallest absolute Gasteiger partial charge is 0.123 e. The summed E-state index contributed by atoms with van der Waals surface area (Å²) in [6, 6.07) is 4.59. The molecule has 3 unspecified atom stereocenters. The lowest BCUT2D eigenvalue weighted by Crippen LogP contribution is -2.18. The molecule has 3 atom stereocenters. The highest BCUT2D eigenvalue weighted by Gasteiger charge is 2.39. The second-order valence-electron chi connectivity index (χ2n) is 5.63. The summed E-state index contributed by atoms with van der Waals surface area (Å²) in [4.78, 5) is 0. The molecular formula is C15H18ClFO. The third-order valence-corrected chi connectivity index (χ3v) is 4.79. The maximum Gasteiger partial charge on any atom is 0.123 e. The quantitative estimate of drug-likeness (QED) is 0.737. The lowest BCUT2D eigenvalue weighted by Gasteiger charge is -2.22. The number of alkyl halides is 1. The van der Waals surface area contributed by atoms with Crippen LogP contribution in [0.25, 0.3) is 0 Å². The summed E-state index contributed by atoms with van der Waals surface area (Å²) in [5.74, 6) is 3.27. The Morgan fingerprint density at radius 2 is 2.17 bits per heavy atom. The molecular weight excluding hydrogens is 251 g/mol. The van der Waals surface area contributed by atoms with Crippen molar-refractivity contribution in [3.63, 3.8) is 0 Å². The standard InChI is InChI=1S/C15H18ClFO/c16-8-12-7-14(17)3-4-15(12)18-9-13-6-10-1-2-11(13)5-10/h3-4,7,10-11,13H,1-2,5-6,8-9H2. The molecule has 1 nitrogen and oxygen atoms in total. The van der Waals surface area contributed by atoms with Crippen LogP contribution in [0, 0.1) is 23.6 Å². The molecule has 2 saturated carbocycles. The lowest BCUT2D eigenvalue weighted by molar-refractivity contribution is 0.194. The molecule has 0 N–H and O–H groups in total. The highest BCUT2D eigenvalue weighted by Crippen LogP contribution is 2.48. The van der Waals surface area contributed by atoms with E-state index in [2.05, 4.69) is 0 Å². The molecule has 0 heterocycles. The third kappa shape index (κ3) is 2.35. The van der Waals surface area contributed by atoms with E-state index in [0.717, 1.165) is 29.8 Å². The molecule has 1 aromatic carbocycles. The molecule has 0 saturated heterocycles. The highest BCUT2D eigenvalue weighted by atomic mass is 35.5. The lowest BCUT2D eigenvalue weighted by atomic mass is 9.89. The van der Waals surface area contributed by atoms with Gasteiger partial charge in [-0.2, -0.15) is 0 Å². The fourth-order valence-corrected chi connectivity index (χ4v) is 3.78. The number of ether oxygens (including phenoxy) is 1. The summed E-state index contributed by atoms with van der Waals surface area (Å²) in [6.45, 7) is 0.761. The molecule has 0 radical (unpaired) electrons. The average molecular weight is 269 g/mol. The van der Waals surface area contributed by atoms with Gasteiger partial charge in [0.05, 0.1) is 12.5 Å². The third-order valence-electron chi connectivity index (χ3n) is 4.50. The number of hydrogen-bond donors (Lipinski definition) is 0. The molecule has 0 spiro atoms. The van der Waals surface area contributed by atoms with Crippen LogP contribution in [0.15, 0.2) is 18.2 Å². The maximum absolute atomic E-state index is 13.1. The Hall–Kier alpha value is -0.760. The van der Waals surface area contributed by atoms with E-state index < -0.39 is 0 Å². The summed E-state index contributed by atoms with van der Waals surface area (Å²) in [7, 11) is 0. The first-order valence-electron chi connectivity index (χ1n) is 6.73. The predicted octanol–water partition coefficient (Wildman–Crippen LogP) is 4.38. The monoisotopic (exact) mass is 268 g/mol. The van der Waals surface area contributed by atoms with Crippen LogP contribution in [0.2, 0.25) is 0 Å². The Labute approximate surface area is 112 Å². The Morgan fingerprint density at radius 3 is 2.83 bits per heavy atom. The first-order valence-corrected chi connectivity index (χ1v) is 7.27. The highest BCUT2D eigenvalue weighted by molar-refractivity contribution is 6.17. The summed E-state index contributed by atoms with van der Waals surface area (Å²) in [5.41, 5.74) is 0.750. The SMILES string of the molecule is Fc1ccc(OCC2CC3CCC2C3)c(CCl)c1. The Bertz CT molecular complexity index is 435. The van der Waals surface area contributed by atoms with Crippen LogP contribution in [0.4, 0.5) is 4.39 Å². The van der Waals surface area contributed by atoms with Gasteiger partial charge in [-0.3, -0.25) is 0 Å². The summed E-state index contributed by atoms with van der Waals surface area (Å²) in [5, 5.41) is 0. The zero-order chi connectivity index (χ0) is 12.5. The largest absolute Gasteiger partial charge is 0.493 e. The fourth-order valence-electron chi connectivity index (χ4n) is 3.57. The first kappa shape index (κ1) is 12.3. The van der Waals surface area contributed by atoms with E-state index in [1.165, 1.54) is 37.8 Å². The van der Waals surface area contributed by atoms with Crippen molar-refractivity contribution in [3.05, 3.63) is 29.6 Å². The first-order chi connectivity index (χ1) is 8.76. The number of benzene rings is 1. The Balaban J connectivity index is 1.63. The molecule has 0 aliphatic heterocycles. The predicted molar refractivity (Wildman–Crippen MR) is 70.4 cm³/mol. The van der Waals surface area contributed by atoms with Crippen LogP contribution in [0.1, 0.15) is 31.2 Å². The van der Waals surface area contributed by atoms with Crippen molar-refractivity contribution in [2.75, 3.05) is 6.61 Å². The van der Waals surface area contributed by atoms with Gasteiger partial charge in [0, 0.05) is 5.56 Å². The van der Waals surface area contributed by atoms with Gasteiger partial charge in [0.25, 0.3) is 0 Å². The van der Waals surface area contributed by atoms with Crippen LogP contribution < -0.4 is 4.74 Å². The molecule has 0 amide bonds. The van der Waals surface area contributed by atoms with Gasteiger partial charge in [0.1, 0.15) is 11.6 Å². The van der Waals surface area contributed by atoms with Crippen molar-refractivity contribution in [1.82, 2.24) is 0 Å². The van der Waals surface area contributed by atoms with E-state index in [-0.39, 0.29) is 5.82 Å². The van der Waals surface area contributed by atoms with Gasteiger partial charge in [-0.05, 0) is 55.2 Å². The van der Waals surface area contributed by atoms with Gasteiger partial charge >= 0.3 is 0 Å². The van der Waals surface area contributed by atoms with E-state index in [1.54, 1.807) is 6.07 Å². The zero-order valence-electron chi connectivity index (χ0n) is 10.4. The van der Waals surface area contributed by atoms with Crippen molar-refractivity contribution in [2.45, 2.75) is 31.6 Å². The molecule has 2 aliphatic rings. The minimum atomic E-state index is -0.252. The van der Waals surface area contributed by atoms with Gasteiger partial charge in [-0.1, -0.05) is 6.42 Å². The van der Waals surface area contributed by atoms with Crippen LogP contribution in [-0.2, 0) is 5.88 Å². The molecule has 2 aliphatic carbocycles. The number of halogens is 2. The number of hydrogen-bond acceptors (Lipinski definition) is 1. The van der Waals surface area contributed by atoms with Gasteiger partial charge in [-0.15, -0.1) is 11.6 Å². The van der Waals surface area contributed by atoms with Crippen LogP contribution in [-0.4, -0.2) is 6.61 Å². The number of fused-ring (bicyclic) bond motifs is 2. The van der Waals surface area contributed by atoms with E-state index >= 15 is 0 Å². The van der Waals surface area contributed by atoms with Gasteiger partial charge in [0.15, 0.2) is 0 Å².